The van der Waals surface area contributed by atoms with Crippen molar-refractivity contribution in [2.45, 2.75) is 12.8 Å². The minimum atomic E-state index is 0.281. The predicted molar refractivity (Wildman–Crippen MR) is 65.8 cm³/mol. The van der Waals surface area contributed by atoms with E-state index in [1.807, 2.05) is 11.4 Å². The molecule has 0 radical (unpaired) electrons. The molecule has 0 saturated heterocycles. The number of thiazole rings is 1. The summed E-state index contributed by atoms with van der Waals surface area (Å²) in [6, 6.07) is 2.00. The molecule has 2 aromatic rings. The molecule has 2 rings (SSSR count). The highest BCUT2D eigenvalue weighted by atomic mass is 32.1. The molecule has 0 amide bonds. The summed E-state index contributed by atoms with van der Waals surface area (Å²) < 4.78 is 0. The molecular weight excluding hydrogens is 234 g/mol. The van der Waals surface area contributed by atoms with Gasteiger partial charge in [0, 0.05) is 36.4 Å². The second kappa shape index (κ2) is 5.37. The minimum Gasteiger partial charge on any atom is -0.367 e. The summed E-state index contributed by atoms with van der Waals surface area (Å²) in [5.74, 6) is 0.807. The third-order valence-electron chi connectivity index (χ3n) is 2.25. The Bertz CT molecular complexity index is 517. The Labute approximate surface area is 103 Å². The molecule has 5 nitrogen and oxygen atoms in total. The molecular formula is C11H11N5S. The SMILES string of the molecule is CC(CNc1nccnc1C#N)c1nccs1. The molecule has 1 N–H and O–H groups in total. The van der Waals surface area contributed by atoms with E-state index in [-0.39, 0.29) is 5.92 Å². The van der Waals surface area contributed by atoms with Crippen molar-refractivity contribution in [3.63, 3.8) is 0 Å². The molecule has 0 aliphatic heterocycles. The summed E-state index contributed by atoms with van der Waals surface area (Å²) in [5, 5.41) is 15.0. The second-order valence-electron chi connectivity index (χ2n) is 3.52. The highest BCUT2D eigenvalue weighted by Gasteiger charge is 2.10. The van der Waals surface area contributed by atoms with Crippen LogP contribution in [0, 0.1) is 11.3 Å². The molecule has 2 heterocycles. The van der Waals surface area contributed by atoms with Gasteiger partial charge in [-0.15, -0.1) is 11.3 Å². The number of nitrogens with zero attached hydrogens (tertiary/aromatic N) is 4. The molecule has 86 valence electrons. The van der Waals surface area contributed by atoms with Crippen LogP contribution >= 0.6 is 11.3 Å². The van der Waals surface area contributed by atoms with Crippen LogP contribution in [0.25, 0.3) is 0 Å². The van der Waals surface area contributed by atoms with E-state index >= 15 is 0 Å². The lowest BCUT2D eigenvalue weighted by Crippen LogP contribution is -2.12. The molecule has 0 spiro atoms. The van der Waals surface area contributed by atoms with Crippen molar-refractivity contribution in [2.75, 3.05) is 11.9 Å². The van der Waals surface area contributed by atoms with E-state index in [0.717, 1.165) is 5.01 Å². The average molecular weight is 245 g/mol. The monoisotopic (exact) mass is 245 g/mol. The van der Waals surface area contributed by atoms with Crippen molar-refractivity contribution < 1.29 is 0 Å². The lowest BCUT2D eigenvalue weighted by molar-refractivity contribution is 0.790. The minimum absolute atomic E-state index is 0.281. The number of rotatable bonds is 4. The largest absolute Gasteiger partial charge is 0.367 e. The summed E-state index contributed by atoms with van der Waals surface area (Å²) in [7, 11) is 0. The molecule has 0 fully saturated rings. The van der Waals surface area contributed by atoms with Crippen LogP contribution in [0.2, 0.25) is 0 Å². The normalized spacial score (nSPS) is 11.8. The zero-order valence-corrected chi connectivity index (χ0v) is 10.1. The van der Waals surface area contributed by atoms with Gasteiger partial charge in [-0.3, -0.25) is 0 Å². The topological polar surface area (TPSA) is 74.5 Å². The van der Waals surface area contributed by atoms with E-state index in [1.165, 1.54) is 6.20 Å². The summed E-state index contributed by atoms with van der Waals surface area (Å²) >= 11 is 1.62. The fourth-order valence-electron chi connectivity index (χ4n) is 1.36. The zero-order valence-electron chi connectivity index (χ0n) is 9.29. The van der Waals surface area contributed by atoms with E-state index in [0.29, 0.717) is 18.1 Å². The van der Waals surface area contributed by atoms with E-state index < -0.39 is 0 Å². The smallest absolute Gasteiger partial charge is 0.182 e. The van der Waals surface area contributed by atoms with Crippen LogP contribution in [0.15, 0.2) is 24.0 Å². The third-order valence-corrected chi connectivity index (χ3v) is 3.26. The van der Waals surface area contributed by atoms with Gasteiger partial charge in [0.05, 0.1) is 5.01 Å². The number of hydrogen-bond acceptors (Lipinski definition) is 6. The standard InChI is InChI=1S/C11H11N5S/c1-8(11-15-4-5-17-11)7-16-10-9(6-12)13-2-3-14-10/h2-5,8H,7H2,1H3,(H,14,16). The van der Waals surface area contributed by atoms with Crippen molar-refractivity contribution in [1.29, 1.82) is 5.26 Å². The summed E-state index contributed by atoms with van der Waals surface area (Å²) in [4.78, 5) is 12.3. The Kier molecular flexibility index (Phi) is 3.62. The molecule has 0 aromatic carbocycles. The van der Waals surface area contributed by atoms with Crippen LogP contribution in [0.1, 0.15) is 23.5 Å². The molecule has 17 heavy (non-hydrogen) atoms. The van der Waals surface area contributed by atoms with Crippen molar-refractivity contribution in [2.24, 2.45) is 0 Å². The van der Waals surface area contributed by atoms with E-state index in [4.69, 9.17) is 5.26 Å². The molecule has 2 aromatic heterocycles. The Morgan fingerprint density at radius 2 is 2.18 bits per heavy atom. The number of anilines is 1. The Hall–Kier alpha value is -2.00. The lowest BCUT2D eigenvalue weighted by Gasteiger charge is -2.10. The number of hydrogen-bond donors (Lipinski definition) is 1. The Balaban J connectivity index is 2.01. The van der Waals surface area contributed by atoms with Gasteiger partial charge < -0.3 is 5.32 Å². The zero-order chi connectivity index (χ0) is 12.1. The first-order chi connectivity index (χ1) is 8.31. The summed E-state index contributed by atoms with van der Waals surface area (Å²) in [5.41, 5.74) is 0.318. The van der Waals surface area contributed by atoms with Gasteiger partial charge in [-0.2, -0.15) is 5.26 Å². The molecule has 6 heteroatoms. The highest BCUT2D eigenvalue weighted by molar-refractivity contribution is 7.09. The number of aromatic nitrogens is 3. The third kappa shape index (κ3) is 2.77. The van der Waals surface area contributed by atoms with Gasteiger partial charge >= 0.3 is 0 Å². The van der Waals surface area contributed by atoms with Crippen molar-refractivity contribution >= 4 is 17.2 Å². The first-order valence-corrected chi connectivity index (χ1v) is 6.03. The second-order valence-corrected chi connectivity index (χ2v) is 4.44. The molecule has 0 bridgehead atoms. The van der Waals surface area contributed by atoms with Gasteiger partial charge in [0.15, 0.2) is 11.5 Å². The predicted octanol–water partition coefficient (Wildman–Crippen LogP) is 2.02. The van der Waals surface area contributed by atoms with Crippen LogP contribution in [-0.2, 0) is 0 Å². The molecule has 1 unspecified atom stereocenters. The Morgan fingerprint density at radius 1 is 1.35 bits per heavy atom. The van der Waals surface area contributed by atoms with Gasteiger partial charge in [-0.25, -0.2) is 15.0 Å². The maximum Gasteiger partial charge on any atom is 0.182 e. The van der Waals surface area contributed by atoms with E-state index in [9.17, 15) is 0 Å². The fraction of sp³-hybridized carbons (Fsp3) is 0.273. The fourth-order valence-corrected chi connectivity index (χ4v) is 2.06. The molecule has 0 aliphatic rings. The van der Waals surface area contributed by atoms with Crippen molar-refractivity contribution in [3.05, 3.63) is 34.7 Å². The van der Waals surface area contributed by atoms with Gasteiger partial charge in [0.2, 0.25) is 0 Å². The van der Waals surface area contributed by atoms with Gasteiger partial charge in [0.25, 0.3) is 0 Å². The van der Waals surface area contributed by atoms with Gasteiger partial charge in [-0.1, -0.05) is 6.92 Å². The number of nitrogens with one attached hydrogen (secondary N) is 1. The maximum atomic E-state index is 8.86. The molecule has 0 saturated carbocycles. The van der Waals surface area contributed by atoms with Gasteiger partial charge in [0.1, 0.15) is 6.07 Å². The first-order valence-electron chi connectivity index (χ1n) is 5.15. The average Bonchev–Trinajstić information content (AvgIpc) is 2.90. The van der Waals surface area contributed by atoms with Crippen LogP contribution in [0.4, 0.5) is 5.82 Å². The first kappa shape index (κ1) is 11.5. The Morgan fingerprint density at radius 3 is 2.88 bits per heavy atom. The summed E-state index contributed by atoms with van der Waals surface area (Å²) in [6.07, 6.45) is 4.87. The van der Waals surface area contributed by atoms with Gasteiger partial charge in [-0.05, 0) is 0 Å². The van der Waals surface area contributed by atoms with E-state index in [1.54, 1.807) is 23.7 Å². The highest BCUT2D eigenvalue weighted by Crippen LogP contribution is 2.18. The lowest BCUT2D eigenvalue weighted by atomic mass is 10.2. The van der Waals surface area contributed by atoms with Crippen LogP contribution in [0.5, 0.6) is 0 Å². The molecule has 1 atom stereocenters. The van der Waals surface area contributed by atoms with Crippen molar-refractivity contribution in [3.8, 4) is 6.07 Å². The quantitative estimate of drug-likeness (QED) is 0.892. The summed E-state index contributed by atoms with van der Waals surface area (Å²) in [6.45, 7) is 2.76. The van der Waals surface area contributed by atoms with Crippen molar-refractivity contribution in [1.82, 2.24) is 15.0 Å². The number of nitriles is 1. The van der Waals surface area contributed by atoms with Crippen LogP contribution < -0.4 is 5.32 Å². The maximum absolute atomic E-state index is 8.86. The van der Waals surface area contributed by atoms with Crippen LogP contribution in [-0.4, -0.2) is 21.5 Å². The molecule has 0 aliphatic carbocycles. The van der Waals surface area contributed by atoms with Crippen LogP contribution in [0.3, 0.4) is 0 Å². The van der Waals surface area contributed by atoms with E-state index in [2.05, 4.69) is 27.2 Å².